The second kappa shape index (κ2) is 24.1. The standard InChI is InChI=1S/C46H38N2.C24H22F6O6S2.C12H9N/c1-5-13-41-37(9-1)38-10-2-6-14-42(38)47(41)35-21-17-33(18-22-35)45-26-31-25-32(27-45)29-46(28-31,30-45)34-19-23-36(24-20-34)48-43-15-7-3-11-39(43)40-12-4-8-16-44(40)48;25-23(26,27)35-36-37-33-19-5-1-17(2-6-19)21-10-15-9-16(11-21)13-22(12-15,14-21)18-3-7-20(8-4-18)34-38(31,32)24(28,29)30;1-3-7-11-9(5-1)10-6-2-4-8-12(10)13-11/h1-24,31-32H,25-30H2;1-8,15-16H,9-14H2;1-8,13H. The lowest BCUT2D eigenvalue weighted by Crippen LogP contribution is -2.55. The molecule has 0 amide bonds. The molecular weight excluding hydrogens is 1300 g/mol. The van der Waals surface area contributed by atoms with Crippen molar-refractivity contribution >= 4 is 87.9 Å². The van der Waals surface area contributed by atoms with E-state index in [0.29, 0.717) is 11.8 Å². The van der Waals surface area contributed by atoms with Crippen LogP contribution in [0.25, 0.3) is 76.8 Å². The summed E-state index contributed by atoms with van der Waals surface area (Å²) in [5.41, 5.74) is 9.90. The van der Waals surface area contributed by atoms with Crippen molar-refractivity contribution in [2.75, 3.05) is 0 Å². The lowest BCUT2D eigenvalue weighted by Gasteiger charge is -2.63. The van der Waals surface area contributed by atoms with Gasteiger partial charge in [-0.05, 0) is 230 Å². The summed E-state index contributed by atoms with van der Waals surface area (Å²) in [5.74, 6) is 2.44. The highest BCUT2D eigenvalue weighted by Crippen LogP contribution is 2.68. The van der Waals surface area contributed by atoms with Gasteiger partial charge in [-0.3, -0.25) is 0 Å². The number of aromatic nitrogens is 3. The first kappa shape index (κ1) is 63.4. The molecular formula is C82H69F6N3O6S2. The minimum atomic E-state index is -5.75. The van der Waals surface area contributed by atoms with Gasteiger partial charge in [-0.25, -0.2) is 0 Å². The van der Waals surface area contributed by atoms with E-state index in [9.17, 15) is 34.8 Å². The number of hydrogen-bond donors (Lipinski definition) is 1. The molecule has 8 fully saturated rings. The Hall–Kier alpha value is -9.00. The van der Waals surface area contributed by atoms with Gasteiger partial charge in [0.15, 0.2) is 0 Å². The number of rotatable bonds is 12. The Morgan fingerprint density at radius 1 is 0.384 bits per heavy atom. The highest BCUT2D eigenvalue weighted by Gasteiger charge is 2.60. The molecule has 2 atom stereocenters. The molecule has 21 rings (SSSR count). The van der Waals surface area contributed by atoms with E-state index in [2.05, 4.69) is 222 Å². The summed E-state index contributed by atoms with van der Waals surface area (Å²) >= 11 is 0.0484. The van der Waals surface area contributed by atoms with Crippen molar-refractivity contribution in [2.45, 2.75) is 111 Å². The summed E-state index contributed by atoms with van der Waals surface area (Å²) in [6.45, 7) is 0. The summed E-state index contributed by atoms with van der Waals surface area (Å²) < 4.78 is 115. The number of halogens is 6. The molecule has 0 saturated heterocycles. The maximum atomic E-state index is 12.7. The van der Waals surface area contributed by atoms with Crippen molar-refractivity contribution < 1.29 is 52.3 Å². The number of fused-ring (bicyclic) bond motifs is 9. The van der Waals surface area contributed by atoms with Crippen LogP contribution >= 0.6 is 12.3 Å². The number of alkyl halides is 6. The van der Waals surface area contributed by atoms with Crippen molar-refractivity contribution in [2.24, 2.45) is 23.7 Å². The van der Waals surface area contributed by atoms with Crippen molar-refractivity contribution in [3.05, 3.63) is 265 Å². The van der Waals surface area contributed by atoms with E-state index in [4.69, 9.17) is 4.18 Å². The van der Waals surface area contributed by atoms with E-state index in [1.165, 1.54) is 127 Å². The third-order valence-corrected chi connectivity index (χ3v) is 24.2. The first-order valence-electron chi connectivity index (χ1n) is 33.9. The topological polar surface area (TPSA) is 96.7 Å². The molecule has 8 aliphatic carbocycles. The fraction of sp³-hybridized carbons (Fsp3) is 0.268. The van der Waals surface area contributed by atoms with Crippen LogP contribution in [0.4, 0.5) is 26.3 Å². The van der Waals surface area contributed by atoms with Gasteiger partial charge in [-0.1, -0.05) is 158 Å². The van der Waals surface area contributed by atoms with Crippen LogP contribution in [0.5, 0.6) is 11.5 Å². The van der Waals surface area contributed by atoms with Gasteiger partial charge in [0.1, 0.15) is 11.5 Å². The minimum absolute atomic E-state index is 0.0484. The highest BCUT2D eigenvalue weighted by molar-refractivity contribution is 7.90. The molecule has 2 unspecified atom stereocenters. The summed E-state index contributed by atoms with van der Waals surface area (Å²) in [5, 5.41) is 7.90. The van der Waals surface area contributed by atoms with E-state index < -0.39 is 27.7 Å². The molecule has 0 aliphatic heterocycles. The fourth-order valence-corrected chi connectivity index (χ4v) is 20.8. The Bertz CT molecular complexity index is 4960. The minimum Gasteiger partial charge on any atom is -0.399 e. The van der Waals surface area contributed by atoms with Gasteiger partial charge in [-0.15, -0.1) is 22.4 Å². The second-order valence-electron chi connectivity index (χ2n) is 28.9. The average Bonchev–Trinajstić information content (AvgIpc) is 1.63. The second-order valence-corrected chi connectivity index (χ2v) is 30.8. The van der Waals surface area contributed by atoms with Gasteiger partial charge < -0.3 is 22.5 Å². The lowest BCUT2D eigenvalue weighted by atomic mass is 9.41. The quantitative estimate of drug-likeness (QED) is 0.0248. The van der Waals surface area contributed by atoms with Crippen LogP contribution in [-0.2, 0) is 41.0 Å². The van der Waals surface area contributed by atoms with Gasteiger partial charge in [0.25, 0.3) is 12.3 Å². The van der Waals surface area contributed by atoms with E-state index in [1.807, 2.05) is 12.1 Å². The SMILES string of the molecule is O=S(=O)(Oc1ccc(C23CC4CC(CC(c5ccc(OSOOC(F)(F)F)cc5)(C4)C2)C3)cc1)C(F)(F)F.c1ccc2c(c1)[nH]c1ccccc12.c1ccc2c(c1)c1ccccc1n2-c1ccc(C23CC4CC(C2)CC(c2ccc(-n5c6ccccc6c6ccccc65)cc2)(C4)C3)cc1. The van der Waals surface area contributed by atoms with Crippen molar-refractivity contribution in [3.8, 4) is 22.9 Å². The molecule has 1 N–H and O–H groups in total. The summed E-state index contributed by atoms with van der Waals surface area (Å²) in [6.07, 6.45) is 8.87. The molecule has 3 aromatic heterocycles. The largest absolute Gasteiger partial charge is 0.550 e. The number of nitrogens with one attached hydrogen (secondary N) is 1. The Labute approximate surface area is 573 Å². The van der Waals surface area contributed by atoms with Crippen LogP contribution in [0.1, 0.15) is 99.3 Å². The van der Waals surface area contributed by atoms with Crippen LogP contribution in [0.15, 0.2) is 243 Å². The molecule has 9 nitrogen and oxygen atoms in total. The van der Waals surface area contributed by atoms with Gasteiger partial charge in [-0.2, -0.15) is 21.6 Å². The van der Waals surface area contributed by atoms with Crippen LogP contribution < -0.4 is 8.37 Å². The molecule has 0 radical (unpaired) electrons. The Morgan fingerprint density at radius 3 is 1.02 bits per heavy atom. The van der Waals surface area contributed by atoms with Gasteiger partial charge in [0.05, 0.1) is 22.1 Å². The molecule has 8 saturated carbocycles. The predicted octanol–water partition coefficient (Wildman–Crippen LogP) is 22.1. The monoisotopic (exact) mass is 1370 g/mol. The van der Waals surface area contributed by atoms with E-state index in [0.717, 1.165) is 61.5 Å². The number of para-hydroxylation sites is 6. The Kier molecular flexibility index (Phi) is 15.5. The zero-order valence-electron chi connectivity index (χ0n) is 53.8. The predicted molar refractivity (Wildman–Crippen MR) is 378 cm³/mol. The molecule has 99 heavy (non-hydrogen) atoms. The normalized spacial score (nSPS) is 24.5. The number of benzene rings is 10. The maximum absolute atomic E-state index is 12.7. The first-order valence-corrected chi connectivity index (χ1v) is 36.0. The number of aromatic amines is 1. The molecule has 17 heteroatoms. The fourth-order valence-electron chi connectivity index (χ4n) is 20.0. The molecule has 8 bridgehead atoms. The van der Waals surface area contributed by atoms with Gasteiger partial charge >= 0.3 is 22.0 Å². The number of H-pyrrole nitrogens is 1. The van der Waals surface area contributed by atoms with E-state index >= 15 is 0 Å². The van der Waals surface area contributed by atoms with Crippen molar-refractivity contribution in [3.63, 3.8) is 0 Å². The summed E-state index contributed by atoms with van der Waals surface area (Å²) in [6, 6.07) is 84.6. The Balaban J connectivity index is 0.000000128. The van der Waals surface area contributed by atoms with Crippen LogP contribution in [-0.4, -0.2) is 34.4 Å². The van der Waals surface area contributed by atoms with Crippen LogP contribution in [0, 0.1) is 23.7 Å². The van der Waals surface area contributed by atoms with Crippen LogP contribution in [0.2, 0.25) is 0 Å². The molecule has 13 aromatic rings. The zero-order chi connectivity index (χ0) is 67.5. The van der Waals surface area contributed by atoms with E-state index in [1.54, 1.807) is 35.4 Å². The zero-order valence-corrected chi connectivity index (χ0v) is 55.4. The summed E-state index contributed by atoms with van der Waals surface area (Å²) in [4.78, 5) is 6.57. The lowest BCUT2D eigenvalue weighted by molar-refractivity contribution is -0.441. The van der Waals surface area contributed by atoms with Gasteiger partial charge in [0.2, 0.25) is 0 Å². The average molecular weight is 1370 g/mol. The Morgan fingerprint density at radius 2 is 0.687 bits per heavy atom. The smallest absolute Gasteiger partial charge is 0.399 e. The number of nitrogens with zero attached hydrogens (tertiary/aromatic N) is 2. The molecule has 8 aliphatic rings. The molecule has 502 valence electrons. The van der Waals surface area contributed by atoms with E-state index in [-0.39, 0.29) is 39.7 Å². The highest BCUT2D eigenvalue weighted by atomic mass is 32.2. The maximum Gasteiger partial charge on any atom is 0.550 e. The van der Waals surface area contributed by atoms with Gasteiger partial charge in [0, 0.05) is 54.7 Å². The van der Waals surface area contributed by atoms with Crippen molar-refractivity contribution in [1.29, 1.82) is 0 Å². The molecule has 0 spiro atoms. The molecule has 10 aromatic carbocycles. The first-order chi connectivity index (χ1) is 47.8. The van der Waals surface area contributed by atoms with Crippen molar-refractivity contribution in [1.82, 2.24) is 14.1 Å². The molecule has 3 heterocycles. The van der Waals surface area contributed by atoms with Crippen LogP contribution in [0.3, 0.4) is 0 Å². The third-order valence-electron chi connectivity index (χ3n) is 22.9. The third kappa shape index (κ3) is 11.4. The summed E-state index contributed by atoms with van der Waals surface area (Å²) in [7, 11) is -5.75. The number of hydrogen-bond acceptors (Lipinski definition) is 7.